The van der Waals surface area contributed by atoms with Crippen molar-refractivity contribution in [2.45, 2.75) is 12.1 Å². The number of aliphatic hydroxyl groups is 1. The molecule has 13 heavy (non-hydrogen) atoms. The van der Waals surface area contributed by atoms with E-state index in [1.165, 1.54) is 5.32 Å². The Morgan fingerprint density at radius 2 is 1.69 bits per heavy atom. The van der Waals surface area contributed by atoms with E-state index in [1.807, 2.05) is 0 Å². The molecule has 0 bridgehead atoms. The molecular formula is C5H6F5NO2. The molecule has 0 heterocycles. The van der Waals surface area contributed by atoms with Gasteiger partial charge in [-0.25, -0.2) is 0 Å². The minimum Gasteiger partial charge on any atom is -0.395 e. The standard InChI is InChI=1S/C5H6F5NO2/c6-4(7,5(8,9)10)3(13)11-1-2-12/h12H,1-2H2,(H,11,13). The van der Waals surface area contributed by atoms with Crippen LogP contribution in [-0.4, -0.2) is 36.3 Å². The fourth-order valence-electron chi connectivity index (χ4n) is 0.409. The van der Waals surface area contributed by atoms with Crippen LogP contribution >= 0.6 is 0 Å². The molecule has 0 saturated heterocycles. The Labute approximate surface area is 69.5 Å². The van der Waals surface area contributed by atoms with Crippen molar-refractivity contribution in [2.75, 3.05) is 13.2 Å². The van der Waals surface area contributed by atoms with Gasteiger partial charge in [0.25, 0.3) is 5.91 Å². The summed E-state index contributed by atoms with van der Waals surface area (Å²) in [5.74, 6) is -7.88. The van der Waals surface area contributed by atoms with Crippen LogP contribution in [0.2, 0.25) is 0 Å². The molecule has 0 rings (SSSR count). The van der Waals surface area contributed by atoms with Gasteiger partial charge in [0.05, 0.1) is 6.61 Å². The molecule has 78 valence electrons. The van der Waals surface area contributed by atoms with Crippen molar-refractivity contribution in [3.63, 3.8) is 0 Å². The lowest BCUT2D eigenvalue weighted by molar-refractivity contribution is -0.269. The molecule has 0 aromatic rings. The summed E-state index contributed by atoms with van der Waals surface area (Å²) < 4.78 is 58.4. The highest BCUT2D eigenvalue weighted by Gasteiger charge is 2.63. The summed E-state index contributed by atoms with van der Waals surface area (Å²) in [6.07, 6.45) is -5.91. The van der Waals surface area contributed by atoms with Crippen LogP contribution in [0.3, 0.4) is 0 Å². The van der Waals surface area contributed by atoms with Crippen LogP contribution < -0.4 is 5.32 Å². The number of hydrogen-bond acceptors (Lipinski definition) is 2. The molecular weight excluding hydrogens is 201 g/mol. The molecule has 1 amide bonds. The van der Waals surface area contributed by atoms with Crippen molar-refractivity contribution in [1.29, 1.82) is 0 Å². The Morgan fingerprint density at radius 1 is 1.23 bits per heavy atom. The predicted molar refractivity (Wildman–Crippen MR) is 31.1 cm³/mol. The van der Waals surface area contributed by atoms with Crippen LogP contribution in [0.4, 0.5) is 22.0 Å². The number of nitrogens with one attached hydrogen (secondary N) is 1. The van der Waals surface area contributed by atoms with Crippen molar-refractivity contribution in [1.82, 2.24) is 5.32 Å². The lowest BCUT2D eigenvalue weighted by Gasteiger charge is -2.18. The van der Waals surface area contributed by atoms with Gasteiger partial charge in [-0.05, 0) is 0 Å². The van der Waals surface area contributed by atoms with Gasteiger partial charge in [0.2, 0.25) is 0 Å². The summed E-state index contributed by atoms with van der Waals surface area (Å²) in [6.45, 7) is -1.36. The molecule has 0 atom stereocenters. The monoisotopic (exact) mass is 207 g/mol. The molecule has 0 aliphatic rings. The van der Waals surface area contributed by atoms with E-state index >= 15 is 0 Å². The Balaban J connectivity index is 4.37. The van der Waals surface area contributed by atoms with Gasteiger partial charge in [-0.2, -0.15) is 22.0 Å². The van der Waals surface area contributed by atoms with Gasteiger partial charge in [0.1, 0.15) is 0 Å². The molecule has 8 heteroatoms. The first kappa shape index (κ1) is 12.1. The number of hydrogen-bond donors (Lipinski definition) is 2. The van der Waals surface area contributed by atoms with Crippen LogP contribution in [0, 0.1) is 0 Å². The zero-order valence-corrected chi connectivity index (χ0v) is 6.16. The highest BCUT2D eigenvalue weighted by atomic mass is 19.4. The van der Waals surface area contributed by atoms with Crippen LogP contribution in [-0.2, 0) is 4.79 Å². The van der Waals surface area contributed by atoms with E-state index in [9.17, 15) is 26.7 Å². The lowest BCUT2D eigenvalue weighted by Crippen LogP contribution is -2.50. The SMILES string of the molecule is O=C(NCCO)C(F)(F)C(F)(F)F. The minimum absolute atomic E-state index is 0.648. The minimum atomic E-state index is -5.91. The molecule has 0 aromatic carbocycles. The van der Waals surface area contributed by atoms with Gasteiger partial charge in [0.15, 0.2) is 0 Å². The van der Waals surface area contributed by atoms with Gasteiger partial charge < -0.3 is 10.4 Å². The first-order chi connectivity index (χ1) is 5.73. The van der Waals surface area contributed by atoms with Gasteiger partial charge >= 0.3 is 12.1 Å². The van der Waals surface area contributed by atoms with Gasteiger partial charge in [0, 0.05) is 6.54 Å². The third kappa shape index (κ3) is 2.79. The molecule has 0 aliphatic heterocycles. The average molecular weight is 207 g/mol. The predicted octanol–water partition coefficient (Wildman–Crippen LogP) is 0.292. The molecule has 3 nitrogen and oxygen atoms in total. The summed E-state index contributed by atoms with van der Waals surface area (Å²) in [5.41, 5.74) is 0. The fraction of sp³-hybridized carbons (Fsp3) is 0.800. The van der Waals surface area contributed by atoms with E-state index < -0.39 is 31.2 Å². The Kier molecular flexibility index (Phi) is 3.59. The van der Waals surface area contributed by atoms with Crippen molar-refractivity contribution < 1.29 is 31.9 Å². The normalized spacial score (nSPS) is 12.8. The number of halogens is 5. The molecule has 0 unspecified atom stereocenters. The maximum absolute atomic E-state index is 12.0. The van der Waals surface area contributed by atoms with Gasteiger partial charge in [-0.15, -0.1) is 0 Å². The molecule has 2 N–H and O–H groups in total. The van der Waals surface area contributed by atoms with E-state index in [1.54, 1.807) is 0 Å². The Hall–Kier alpha value is -0.920. The third-order valence-corrected chi connectivity index (χ3v) is 1.04. The van der Waals surface area contributed by atoms with Gasteiger partial charge in [-0.3, -0.25) is 4.79 Å². The molecule has 0 radical (unpaired) electrons. The zero-order chi connectivity index (χ0) is 10.7. The maximum Gasteiger partial charge on any atom is 0.463 e. The van der Waals surface area contributed by atoms with Gasteiger partial charge in [-0.1, -0.05) is 0 Å². The molecule has 0 saturated carbocycles. The number of carbonyl (C=O) groups is 1. The highest BCUT2D eigenvalue weighted by Crippen LogP contribution is 2.35. The number of alkyl halides is 5. The number of aliphatic hydroxyl groups excluding tert-OH is 1. The van der Waals surface area contributed by atoms with Crippen LogP contribution in [0.15, 0.2) is 0 Å². The number of carbonyl (C=O) groups excluding carboxylic acids is 1. The first-order valence-corrected chi connectivity index (χ1v) is 3.07. The largest absolute Gasteiger partial charge is 0.463 e. The number of rotatable bonds is 3. The molecule has 0 spiro atoms. The Bertz CT molecular complexity index is 190. The fourth-order valence-corrected chi connectivity index (χ4v) is 0.409. The molecule has 0 aromatic heterocycles. The smallest absolute Gasteiger partial charge is 0.395 e. The van der Waals surface area contributed by atoms with Crippen LogP contribution in [0.5, 0.6) is 0 Å². The van der Waals surface area contributed by atoms with Crippen molar-refractivity contribution >= 4 is 5.91 Å². The van der Waals surface area contributed by atoms with E-state index in [0.29, 0.717) is 0 Å². The van der Waals surface area contributed by atoms with E-state index in [2.05, 4.69) is 0 Å². The van der Waals surface area contributed by atoms with E-state index in [-0.39, 0.29) is 0 Å². The molecule has 0 fully saturated rings. The van der Waals surface area contributed by atoms with E-state index in [4.69, 9.17) is 5.11 Å². The van der Waals surface area contributed by atoms with Crippen molar-refractivity contribution in [3.05, 3.63) is 0 Å². The van der Waals surface area contributed by atoms with Crippen LogP contribution in [0.25, 0.3) is 0 Å². The first-order valence-electron chi connectivity index (χ1n) is 3.07. The lowest BCUT2D eigenvalue weighted by atomic mass is 10.3. The summed E-state index contributed by atoms with van der Waals surface area (Å²) in [7, 11) is 0. The summed E-state index contributed by atoms with van der Waals surface area (Å²) in [5, 5.41) is 9.26. The van der Waals surface area contributed by atoms with Crippen LogP contribution in [0.1, 0.15) is 0 Å². The van der Waals surface area contributed by atoms with Crippen molar-refractivity contribution in [3.8, 4) is 0 Å². The van der Waals surface area contributed by atoms with Crippen molar-refractivity contribution in [2.24, 2.45) is 0 Å². The summed E-state index contributed by atoms with van der Waals surface area (Å²) in [4.78, 5) is 10.2. The summed E-state index contributed by atoms with van der Waals surface area (Å²) in [6, 6.07) is 0. The maximum atomic E-state index is 12.0. The Morgan fingerprint density at radius 3 is 2.00 bits per heavy atom. The quantitative estimate of drug-likeness (QED) is 0.653. The highest BCUT2D eigenvalue weighted by molar-refractivity contribution is 5.84. The second kappa shape index (κ2) is 3.86. The second-order valence-electron chi connectivity index (χ2n) is 2.05. The summed E-state index contributed by atoms with van der Waals surface area (Å²) >= 11 is 0. The number of amides is 1. The second-order valence-corrected chi connectivity index (χ2v) is 2.05. The zero-order valence-electron chi connectivity index (χ0n) is 6.16. The molecule has 0 aliphatic carbocycles. The van der Waals surface area contributed by atoms with E-state index in [0.717, 1.165) is 0 Å². The third-order valence-electron chi connectivity index (χ3n) is 1.04. The average Bonchev–Trinajstić information content (AvgIpc) is 1.97. The topological polar surface area (TPSA) is 49.3 Å².